The summed E-state index contributed by atoms with van der Waals surface area (Å²) < 4.78 is 0. The van der Waals surface area contributed by atoms with Gasteiger partial charge in [0.05, 0.1) is 0 Å². The molecule has 0 atom stereocenters. The van der Waals surface area contributed by atoms with Crippen molar-refractivity contribution in [2.45, 2.75) is 72.6 Å². The van der Waals surface area contributed by atoms with E-state index in [1.165, 1.54) is 58.0 Å². The molecule has 0 unspecified atom stereocenters. The Labute approximate surface area is 109 Å². The molecule has 102 valence electrons. The molecule has 0 aromatic rings. The van der Waals surface area contributed by atoms with Crippen molar-refractivity contribution < 1.29 is 0 Å². The number of hydrogen-bond acceptors (Lipinski definition) is 1. The fourth-order valence-corrected chi connectivity index (χ4v) is 3.31. The lowest BCUT2D eigenvalue weighted by Gasteiger charge is -2.35. The van der Waals surface area contributed by atoms with Gasteiger partial charge in [0.1, 0.15) is 0 Å². The van der Waals surface area contributed by atoms with Gasteiger partial charge < -0.3 is 5.32 Å². The zero-order valence-corrected chi connectivity index (χ0v) is 12.5. The summed E-state index contributed by atoms with van der Waals surface area (Å²) in [6.07, 6.45) is 10.1. The van der Waals surface area contributed by atoms with Gasteiger partial charge in [-0.1, -0.05) is 53.4 Å². The molecule has 1 N–H and O–H groups in total. The number of rotatable bonds is 8. The highest BCUT2D eigenvalue weighted by molar-refractivity contribution is 4.84. The molecule has 1 fully saturated rings. The normalized spacial score (nSPS) is 18.2. The van der Waals surface area contributed by atoms with Gasteiger partial charge in [-0.15, -0.1) is 0 Å². The third kappa shape index (κ3) is 4.99. The van der Waals surface area contributed by atoms with E-state index in [0.717, 1.165) is 11.8 Å². The molecular formula is C16H33N. The van der Waals surface area contributed by atoms with E-state index >= 15 is 0 Å². The zero-order chi connectivity index (χ0) is 12.7. The molecule has 0 aromatic carbocycles. The van der Waals surface area contributed by atoms with Crippen molar-refractivity contribution in [1.82, 2.24) is 5.32 Å². The summed E-state index contributed by atoms with van der Waals surface area (Å²) in [5.74, 6) is 1.80. The maximum absolute atomic E-state index is 3.70. The fourth-order valence-electron chi connectivity index (χ4n) is 3.31. The van der Waals surface area contributed by atoms with Crippen LogP contribution in [0.3, 0.4) is 0 Å². The van der Waals surface area contributed by atoms with Crippen molar-refractivity contribution in [3.05, 3.63) is 0 Å². The van der Waals surface area contributed by atoms with Gasteiger partial charge >= 0.3 is 0 Å². The summed E-state index contributed by atoms with van der Waals surface area (Å²) in [4.78, 5) is 0. The van der Waals surface area contributed by atoms with Crippen LogP contribution in [0.2, 0.25) is 0 Å². The van der Waals surface area contributed by atoms with Crippen molar-refractivity contribution in [2.75, 3.05) is 13.1 Å². The van der Waals surface area contributed by atoms with Crippen LogP contribution in [0.15, 0.2) is 0 Å². The van der Waals surface area contributed by atoms with Gasteiger partial charge in [0.2, 0.25) is 0 Å². The Morgan fingerprint density at radius 1 is 1.12 bits per heavy atom. The van der Waals surface area contributed by atoms with E-state index in [1.807, 2.05) is 0 Å². The van der Waals surface area contributed by atoms with Gasteiger partial charge in [-0.2, -0.15) is 0 Å². The van der Waals surface area contributed by atoms with E-state index < -0.39 is 0 Å². The molecule has 1 aliphatic rings. The first-order valence-electron chi connectivity index (χ1n) is 7.82. The first kappa shape index (κ1) is 15.0. The van der Waals surface area contributed by atoms with Crippen LogP contribution in [0, 0.1) is 17.3 Å². The Balaban J connectivity index is 2.42. The maximum Gasteiger partial charge on any atom is 0.000782 e. The molecule has 1 heteroatoms. The quantitative estimate of drug-likeness (QED) is 0.652. The summed E-state index contributed by atoms with van der Waals surface area (Å²) in [5.41, 5.74) is 0.573. The van der Waals surface area contributed by atoms with Crippen LogP contribution in [0.25, 0.3) is 0 Å². The molecule has 0 radical (unpaired) electrons. The lowest BCUT2D eigenvalue weighted by atomic mass is 9.74. The van der Waals surface area contributed by atoms with Crippen LogP contribution in [0.5, 0.6) is 0 Å². The van der Waals surface area contributed by atoms with Gasteiger partial charge in [-0.25, -0.2) is 0 Å². The van der Waals surface area contributed by atoms with Crippen LogP contribution >= 0.6 is 0 Å². The third-order valence-corrected chi connectivity index (χ3v) is 4.75. The van der Waals surface area contributed by atoms with Crippen LogP contribution < -0.4 is 5.32 Å². The Kier molecular flexibility index (Phi) is 6.54. The minimum absolute atomic E-state index is 0.573. The van der Waals surface area contributed by atoms with Crippen molar-refractivity contribution >= 4 is 0 Å². The molecule has 0 saturated heterocycles. The maximum atomic E-state index is 3.70. The molecule has 1 nitrogen and oxygen atoms in total. The standard InChI is InChI=1S/C16H33N/c1-5-16(6-2,13-17-12-14(3)4)11-15-9-7-8-10-15/h14-15,17H,5-13H2,1-4H3. The van der Waals surface area contributed by atoms with Crippen molar-refractivity contribution in [1.29, 1.82) is 0 Å². The number of nitrogens with one attached hydrogen (secondary N) is 1. The molecule has 17 heavy (non-hydrogen) atoms. The molecule has 0 amide bonds. The first-order chi connectivity index (χ1) is 8.12. The minimum Gasteiger partial charge on any atom is -0.316 e. The predicted molar refractivity (Wildman–Crippen MR) is 77.3 cm³/mol. The largest absolute Gasteiger partial charge is 0.316 e. The lowest BCUT2D eigenvalue weighted by Crippen LogP contribution is -2.36. The smallest absolute Gasteiger partial charge is 0.000782 e. The van der Waals surface area contributed by atoms with Gasteiger partial charge in [-0.3, -0.25) is 0 Å². The predicted octanol–water partition coefficient (Wildman–Crippen LogP) is 4.62. The number of hydrogen-bond donors (Lipinski definition) is 1. The Morgan fingerprint density at radius 2 is 1.71 bits per heavy atom. The fraction of sp³-hybridized carbons (Fsp3) is 1.00. The van der Waals surface area contributed by atoms with Gasteiger partial charge in [0, 0.05) is 6.54 Å². The van der Waals surface area contributed by atoms with Gasteiger partial charge in [-0.05, 0) is 43.1 Å². The minimum atomic E-state index is 0.573. The molecule has 1 saturated carbocycles. The van der Waals surface area contributed by atoms with Crippen molar-refractivity contribution in [3.63, 3.8) is 0 Å². The van der Waals surface area contributed by atoms with Gasteiger partial charge in [0.15, 0.2) is 0 Å². The highest BCUT2D eigenvalue weighted by atomic mass is 14.9. The van der Waals surface area contributed by atoms with Crippen LogP contribution in [0.4, 0.5) is 0 Å². The second-order valence-corrected chi connectivity index (χ2v) is 6.59. The first-order valence-corrected chi connectivity index (χ1v) is 7.82. The Bertz CT molecular complexity index is 188. The lowest BCUT2D eigenvalue weighted by molar-refractivity contribution is 0.186. The van der Waals surface area contributed by atoms with Crippen molar-refractivity contribution in [2.24, 2.45) is 17.3 Å². The topological polar surface area (TPSA) is 12.0 Å². The molecule has 0 aromatic heterocycles. The molecule has 0 aliphatic heterocycles. The van der Waals surface area contributed by atoms with Crippen LogP contribution in [0.1, 0.15) is 72.6 Å². The van der Waals surface area contributed by atoms with Crippen LogP contribution in [-0.4, -0.2) is 13.1 Å². The molecule has 1 aliphatic carbocycles. The average Bonchev–Trinajstić information content (AvgIpc) is 2.80. The summed E-state index contributed by atoms with van der Waals surface area (Å²) in [5, 5.41) is 3.70. The Hall–Kier alpha value is -0.0400. The van der Waals surface area contributed by atoms with Crippen molar-refractivity contribution in [3.8, 4) is 0 Å². The van der Waals surface area contributed by atoms with E-state index in [2.05, 4.69) is 33.0 Å². The third-order valence-electron chi connectivity index (χ3n) is 4.75. The molecule has 0 spiro atoms. The summed E-state index contributed by atoms with van der Waals surface area (Å²) in [7, 11) is 0. The van der Waals surface area contributed by atoms with E-state index in [0.29, 0.717) is 5.41 Å². The molecular weight excluding hydrogens is 206 g/mol. The second kappa shape index (κ2) is 7.41. The summed E-state index contributed by atoms with van der Waals surface area (Å²) in [6, 6.07) is 0. The molecule has 0 heterocycles. The average molecular weight is 239 g/mol. The summed E-state index contributed by atoms with van der Waals surface area (Å²) >= 11 is 0. The molecule has 0 bridgehead atoms. The highest BCUT2D eigenvalue weighted by Crippen LogP contribution is 2.39. The summed E-state index contributed by atoms with van der Waals surface area (Å²) in [6.45, 7) is 11.8. The van der Waals surface area contributed by atoms with E-state index in [-0.39, 0.29) is 0 Å². The second-order valence-electron chi connectivity index (χ2n) is 6.59. The molecule has 1 rings (SSSR count). The van der Waals surface area contributed by atoms with Gasteiger partial charge in [0.25, 0.3) is 0 Å². The van der Waals surface area contributed by atoms with E-state index in [1.54, 1.807) is 0 Å². The van der Waals surface area contributed by atoms with E-state index in [9.17, 15) is 0 Å². The monoisotopic (exact) mass is 239 g/mol. The SMILES string of the molecule is CCC(CC)(CNCC(C)C)CC1CCCC1. The van der Waals surface area contributed by atoms with E-state index in [4.69, 9.17) is 0 Å². The van der Waals surface area contributed by atoms with Crippen LogP contribution in [-0.2, 0) is 0 Å². The zero-order valence-electron chi connectivity index (χ0n) is 12.5. The highest BCUT2D eigenvalue weighted by Gasteiger charge is 2.30. The Morgan fingerprint density at radius 3 is 2.18 bits per heavy atom.